The lowest BCUT2D eigenvalue weighted by Crippen LogP contribution is -2.36. The van der Waals surface area contributed by atoms with Crippen molar-refractivity contribution in [3.63, 3.8) is 0 Å². The minimum absolute atomic E-state index is 0.167. The summed E-state index contributed by atoms with van der Waals surface area (Å²) in [5.74, 6) is 0.618. The van der Waals surface area contributed by atoms with Gasteiger partial charge < -0.3 is 4.90 Å². The summed E-state index contributed by atoms with van der Waals surface area (Å²) in [6.45, 7) is 1.67. The molecular formula is C19H18FN5. The summed E-state index contributed by atoms with van der Waals surface area (Å²) < 4.78 is 14.3. The summed E-state index contributed by atoms with van der Waals surface area (Å²) >= 11 is 0. The van der Waals surface area contributed by atoms with Crippen molar-refractivity contribution in [2.24, 2.45) is 0 Å². The highest BCUT2D eigenvalue weighted by molar-refractivity contribution is 5.63. The van der Waals surface area contributed by atoms with Crippen molar-refractivity contribution in [2.75, 3.05) is 18.0 Å². The smallest absolute Gasteiger partial charge is 0.225 e. The molecule has 1 unspecified atom stereocenters. The Kier molecular flexibility index (Phi) is 4.33. The molecule has 3 heterocycles. The summed E-state index contributed by atoms with van der Waals surface area (Å²) in [5, 5.41) is 0. The molecule has 0 bridgehead atoms. The van der Waals surface area contributed by atoms with E-state index in [4.69, 9.17) is 0 Å². The van der Waals surface area contributed by atoms with Gasteiger partial charge >= 0.3 is 0 Å². The fraction of sp³-hybridized carbons (Fsp3) is 0.263. The zero-order valence-corrected chi connectivity index (χ0v) is 13.7. The van der Waals surface area contributed by atoms with Crippen LogP contribution in [0.5, 0.6) is 0 Å². The third kappa shape index (κ3) is 3.20. The molecule has 0 saturated carbocycles. The Balaban J connectivity index is 1.67. The normalized spacial score (nSPS) is 17.5. The van der Waals surface area contributed by atoms with Crippen molar-refractivity contribution in [3.05, 3.63) is 66.6 Å². The largest absolute Gasteiger partial charge is 0.340 e. The van der Waals surface area contributed by atoms with Crippen LogP contribution in [0.4, 0.5) is 10.3 Å². The second-order valence-electron chi connectivity index (χ2n) is 6.10. The van der Waals surface area contributed by atoms with Crippen molar-refractivity contribution in [2.45, 2.75) is 18.8 Å². The topological polar surface area (TPSA) is 54.8 Å². The van der Waals surface area contributed by atoms with Crippen LogP contribution >= 0.6 is 0 Å². The SMILES string of the molecule is Fc1ccccc1-c1nccnc1C1CCCN(c2ncccn2)C1. The molecule has 2 aromatic heterocycles. The van der Waals surface area contributed by atoms with E-state index in [-0.39, 0.29) is 11.7 Å². The van der Waals surface area contributed by atoms with E-state index in [1.54, 1.807) is 36.9 Å². The molecule has 4 rings (SSSR count). The minimum atomic E-state index is -0.275. The number of piperidine rings is 1. The Morgan fingerprint density at radius 3 is 2.56 bits per heavy atom. The molecule has 1 fully saturated rings. The zero-order chi connectivity index (χ0) is 17.1. The Morgan fingerprint density at radius 2 is 1.72 bits per heavy atom. The molecule has 1 saturated heterocycles. The fourth-order valence-electron chi connectivity index (χ4n) is 3.34. The van der Waals surface area contributed by atoms with Crippen LogP contribution in [0.15, 0.2) is 55.1 Å². The number of anilines is 1. The number of nitrogens with zero attached hydrogens (tertiary/aromatic N) is 5. The van der Waals surface area contributed by atoms with Gasteiger partial charge in [-0.15, -0.1) is 0 Å². The fourth-order valence-corrected chi connectivity index (χ4v) is 3.34. The van der Waals surface area contributed by atoms with Gasteiger partial charge in [-0.3, -0.25) is 9.97 Å². The van der Waals surface area contributed by atoms with E-state index < -0.39 is 0 Å². The second kappa shape index (κ2) is 6.93. The second-order valence-corrected chi connectivity index (χ2v) is 6.10. The summed E-state index contributed by atoms with van der Waals surface area (Å²) in [6, 6.07) is 8.53. The predicted octanol–water partition coefficient (Wildman–Crippen LogP) is 3.46. The van der Waals surface area contributed by atoms with Gasteiger partial charge in [0.05, 0.1) is 11.4 Å². The molecule has 3 aromatic rings. The first kappa shape index (κ1) is 15.6. The molecule has 25 heavy (non-hydrogen) atoms. The van der Waals surface area contributed by atoms with Crippen LogP contribution < -0.4 is 4.90 Å². The molecule has 0 amide bonds. The Morgan fingerprint density at radius 1 is 0.920 bits per heavy atom. The maximum absolute atomic E-state index is 14.3. The lowest BCUT2D eigenvalue weighted by Gasteiger charge is -2.32. The minimum Gasteiger partial charge on any atom is -0.340 e. The average molecular weight is 335 g/mol. The quantitative estimate of drug-likeness (QED) is 0.734. The monoisotopic (exact) mass is 335 g/mol. The van der Waals surface area contributed by atoms with E-state index in [1.165, 1.54) is 6.07 Å². The highest BCUT2D eigenvalue weighted by atomic mass is 19.1. The van der Waals surface area contributed by atoms with Crippen LogP contribution in [0.1, 0.15) is 24.5 Å². The van der Waals surface area contributed by atoms with E-state index in [0.29, 0.717) is 11.3 Å². The van der Waals surface area contributed by atoms with Crippen LogP contribution in [-0.2, 0) is 0 Å². The molecule has 1 aromatic carbocycles. The van der Waals surface area contributed by atoms with Gasteiger partial charge in [-0.1, -0.05) is 12.1 Å². The van der Waals surface area contributed by atoms with E-state index in [1.807, 2.05) is 12.1 Å². The summed E-state index contributed by atoms with van der Waals surface area (Å²) in [7, 11) is 0. The maximum atomic E-state index is 14.3. The van der Waals surface area contributed by atoms with Crippen molar-refractivity contribution >= 4 is 5.95 Å². The van der Waals surface area contributed by atoms with Crippen LogP contribution in [0, 0.1) is 5.82 Å². The Bertz CT molecular complexity index is 855. The molecule has 0 N–H and O–H groups in total. The van der Waals surface area contributed by atoms with Crippen LogP contribution in [-0.4, -0.2) is 33.0 Å². The van der Waals surface area contributed by atoms with E-state index in [2.05, 4.69) is 24.8 Å². The number of rotatable bonds is 3. The lowest BCUT2D eigenvalue weighted by atomic mass is 9.91. The Labute approximate surface area is 145 Å². The van der Waals surface area contributed by atoms with Gasteiger partial charge in [-0.2, -0.15) is 0 Å². The predicted molar refractivity (Wildman–Crippen MR) is 93.6 cm³/mol. The third-order valence-corrected chi connectivity index (χ3v) is 4.50. The van der Waals surface area contributed by atoms with E-state index >= 15 is 0 Å². The molecular weight excluding hydrogens is 317 g/mol. The highest BCUT2D eigenvalue weighted by Crippen LogP contribution is 2.33. The highest BCUT2D eigenvalue weighted by Gasteiger charge is 2.27. The van der Waals surface area contributed by atoms with Crippen LogP contribution in [0.2, 0.25) is 0 Å². The Hall–Kier alpha value is -2.89. The number of benzene rings is 1. The molecule has 0 radical (unpaired) electrons. The molecule has 0 spiro atoms. The maximum Gasteiger partial charge on any atom is 0.225 e. The van der Waals surface area contributed by atoms with Gasteiger partial charge in [0.2, 0.25) is 5.95 Å². The number of halogens is 1. The summed E-state index contributed by atoms with van der Waals surface area (Å²) in [5.41, 5.74) is 1.97. The van der Waals surface area contributed by atoms with E-state index in [0.717, 1.165) is 37.6 Å². The van der Waals surface area contributed by atoms with Crippen LogP contribution in [0.3, 0.4) is 0 Å². The standard InChI is InChI=1S/C19H18FN5/c20-16-7-2-1-6-15(16)18-17(21-10-11-22-18)14-5-3-12-25(13-14)19-23-8-4-9-24-19/h1-2,4,6-11,14H,3,5,12-13H2. The van der Waals surface area contributed by atoms with Gasteiger partial charge in [-0.05, 0) is 31.0 Å². The first-order valence-electron chi connectivity index (χ1n) is 8.40. The van der Waals surface area contributed by atoms with Crippen LogP contribution in [0.25, 0.3) is 11.3 Å². The lowest BCUT2D eigenvalue weighted by molar-refractivity contribution is 0.494. The van der Waals surface area contributed by atoms with Gasteiger partial charge in [0.15, 0.2) is 0 Å². The molecule has 126 valence electrons. The number of hydrogen-bond donors (Lipinski definition) is 0. The van der Waals surface area contributed by atoms with Crippen molar-refractivity contribution in [1.29, 1.82) is 0 Å². The van der Waals surface area contributed by atoms with Gasteiger partial charge in [-0.25, -0.2) is 14.4 Å². The van der Waals surface area contributed by atoms with Gasteiger partial charge in [0.1, 0.15) is 5.82 Å². The molecule has 6 heteroatoms. The molecule has 1 atom stereocenters. The van der Waals surface area contributed by atoms with Crippen molar-refractivity contribution < 1.29 is 4.39 Å². The summed E-state index contributed by atoms with van der Waals surface area (Å²) in [4.78, 5) is 19.8. The van der Waals surface area contributed by atoms with Gasteiger partial charge in [0, 0.05) is 49.4 Å². The number of aromatic nitrogens is 4. The first-order valence-corrected chi connectivity index (χ1v) is 8.40. The van der Waals surface area contributed by atoms with Gasteiger partial charge in [0.25, 0.3) is 0 Å². The summed E-state index contributed by atoms with van der Waals surface area (Å²) in [6.07, 6.45) is 8.79. The molecule has 1 aliphatic rings. The zero-order valence-electron chi connectivity index (χ0n) is 13.7. The van der Waals surface area contributed by atoms with Crippen molar-refractivity contribution in [1.82, 2.24) is 19.9 Å². The third-order valence-electron chi connectivity index (χ3n) is 4.50. The number of hydrogen-bond acceptors (Lipinski definition) is 5. The molecule has 1 aliphatic heterocycles. The molecule has 5 nitrogen and oxygen atoms in total. The molecule has 0 aliphatic carbocycles. The van der Waals surface area contributed by atoms with Crippen molar-refractivity contribution in [3.8, 4) is 11.3 Å². The average Bonchev–Trinajstić information content (AvgIpc) is 2.69. The first-order chi connectivity index (χ1) is 12.3. The van der Waals surface area contributed by atoms with E-state index in [9.17, 15) is 4.39 Å².